The standard InChI is InChI=1S/C19H19FN2O4S/c1-12-6-14(9-21-8-12)19(26)22-16(7-18(24)25)17(23)11-27-10-13-2-4-15(20)5-3-13/h2-6,8-9,16H,7,10-11H2,1H3,(H,22,26)(H,24,25)/t16-/m0/s1. The summed E-state index contributed by atoms with van der Waals surface area (Å²) in [6.07, 6.45) is 2.44. The Morgan fingerprint density at radius 2 is 1.93 bits per heavy atom. The van der Waals surface area contributed by atoms with E-state index in [1.807, 2.05) is 0 Å². The van der Waals surface area contributed by atoms with Crippen molar-refractivity contribution in [1.82, 2.24) is 10.3 Å². The molecule has 0 aliphatic carbocycles. The molecule has 1 atom stereocenters. The fraction of sp³-hybridized carbons (Fsp3) is 0.263. The van der Waals surface area contributed by atoms with Crippen molar-refractivity contribution in [3.05, 3.63) is 65.2 Å². The monoisotopic (exact) mass is 390 g/mol. The average molecular weight is 390 g/mol. The second-order valence-corrected chi connectivity index (χ2v) is 6.95. The highest BCUT2D eigenvalue weighted by Crippen LogP contribution is 2.14. The molecule has 27 heavy (non-hydrogen) atoms. The average Bonchev–Trinajstić information content (AvgIpc) is 2.62. The number of carboxylic acid groups (broad SMARTS) is 1. The molecule has 0 aliphatic heterocycles. The van der Waals surface area contributed by atoms with E-state index in [0.29, 0.717) is 5.75 Å². The van der Waals surface area contributed by atoms with E-state index in [-0.39, 0.29) is 17.1 Å². The number of benzene rings is 1. The van der Waals surface area contributed by atoms with Crippen LogP contribution in [0, 0.1) is 12.7 Å². The van der Waals surface area contributed by atoms with Crippen LogP contribution in [-0.4, -0.2) is 39.5 Å². The number of carbonyl (C=O) groups excluding carboxylic acids is 2. The van der Waals surface area contributed by atoms with Crippen molar-refractivity contribution < 1.29 is 23.9 Å². The van der Waals surface area contributed by atoms with Gasteiger partial charge in [-0.2, -0.15) is 0 Å². The van der Waals surface area contributed by atoms with Crippen molar-refractivity contribution in [2.45, 2.75) is 25.1 Å². The molecule has 0 radical (unpaired) electrons. The Morgan fingerprint density at radius 3 is 2.56 bits per heavy atom. The summed E-state index contributed by atoms with van der Waals surface area (Å²) in [5, 5.41) is 11.5. The molecular weight excluding hydrogens is 371 g/mol. The van der Waals surface area contributed by atoms with E-state index in [1.165, 1.54) is 30.1 Å². The second-order valence-electron chi connectivity index (χ2n) is 5.96. The molecular formula is C19H19FN2O4S. The number of hydrogen-bond acceptors (Lipinski definition) is 5. The lowest BCUT2D eigenvalue weighted by molar-refractivity contribution is -0.139. The third-order valence-corrected chi connectivity index (χ3v) is 4.66. The number of pyridine rings is 1. The van der Waals surface area contributed by atoms with E-state index in [0.717, 1.165) is 11.1 Å². The van der Waals surface area contributed by atoms with E-state index in [9.17, 15) is 18.8 Å². The highest BCUT2D eigenvalue weighted by Gasteiger charge is 2.24. The maximum absolute atomic E-state index is 12.9. The first-order valence-corrected chi connectivity index (χ1v) is 9.30. The molecule has 1 aromatic carbocycles. The number of carboxylic acids is 1. The van der Waals surface area contributed by atoms with Gasteiger partial charge in [0.15, 0.2) is 5.78 Å². The third kappa shape index (κ3) is 6.82. The minimum absolute atomic E-state index is 0.0294. The molecule has 2 aromatic rings. The molecule has 1 heterocycles. The van der Waals surface area contributed by atoms with Crippen molar-refractivity contribution in [2.24, 2.45) is 0 Å². The number of nitrogens with one attached hydrogen (secondary N) is 1. The van der Waals surface area contributed by atoms with Gasteiger partial charge in [-0.1, -0.05) is 12.1 Å². The zero-order valence-electron chi connectivity index (χ0n) is 14.6. The quantitative estimate of drug-likeness (QED) is 0.683. The summed E-state index contributed by atoms with van der Waals surface area (Å²) in [5.74, 6) is -1.95. The number of aryl methyl sites for hydroxylation is 1. The van der Waals surface area contributed by atoms with Crippen LogP contribution in [-0.2, 0) is 15.3 Å². The normalized spacial score (nSPS) is 11.6. The van der Waals surface area contributed by atoms with Crippen LogP contribution < -0.4 is 5.32 Å². The van der Waals surface area contributed by atoms with E-state index < -0.39 is 30.1 Å². The second kappa shape index (κ2) is 9.82. The molecule has 0 saturated carbocycles. The summed E-state index contributed by atoms with van der Waals surface area (Å²) in [7, 11) is 0. The first-order valence-electron chi connectivity index (χ1n) is 8.14. The van der Waals surface area contributed by atoms with Gasteiger partial charge in [-0.25, -0.2) is 4.39 Å². The smallest absolute Gasteiger partial charge is 0.305 e. The van der Waals surface area contributed by atoms with Gasteiger partial charge in [-0.05, 0) is 36.2 Å². The third-order valence-electron chi connectivity index (χ3n) is 3.64. The summed E-state index contributed by atoms with van der Waals surface area (Å²) in [4.78, 5) is 39.6. The van der Waals surface area contributed by atoms with Crippen LogP contribution in [0.4, 0.5) is 4.39 Å². The van der Waals surface area contributed by atoms with E-state index in [4.69, 9.17) is 5.11 Å². The molecule has 1 amide bonds. The van der Waals surface area contributed by atoms with E-state index in [1.54, 1.807) is 31.3 Å². The van der Waals surface area contributed by atoms with E-state index in [2.05, 4.69) is 10.3 Å². The number of ketones is 1. The van der Waals surface area contributed by atoms with Gasteiger partial charge >= 0.3 is 5.97 Å². The molecule has 0 fully saturated rings. The van der Waals surface area contributed by atoms with Crippen LogP contribution in [0.5, 0.6) is 0 Å². The first-order chi connectivity index (χ1) is 12.8. The molecule has 0 spiro atoms. The van der Waals surface area contributed by atoms with Crippen molar-refractivity contribution in [3.63, 3.8) is 0 Å². The van der Waals surface area contributed by atoms with Crippen LogP contribution in [0.3, 0.4) is 0 Å². The number of hydrogen-bond donors (Lipinski definition) is 2. The number of Topliss-reactive ketones (excluding diaryl/α,β-unsaturated/α-hetero) is 1. The zero-order chi connectivity index (χ0) is 19.8. The van der Waals surface area contributed by atoms with Crippen LogP contribution in [0.1, 0.15) is 27.9 Å². The summed E-state index contributed by atoms with van der Waals surface area (Å²) in [6.45, 7) is 1.77. The number of halogens is 1. The Kier molecular flexibility index (Phi) is 7.48. The van der Waals surface area contributed by atoms with Crippen LogP contribution in [0.25, 0.3) is 0 Å². The Bertz CT molecular complexity index is 827. The highest BCUT2D eigenvalue weighted by molar-refractivity contribution is 7.99. The molecule has 2 rings (SSSR count). The van der Waals surface area contributed by atoms with Gasteiger partial charge < -0.3 is 10.4 Å². The van der Waals surface area contributed by atoms with Gasteiger partial charge in [0, 0.05) is 18.1 Å². The number of carbonyl (C=O) groups is 3. The van der Waals surface area contributed by atoms with Crippen molar-refractivity contribution in [1.29, 1.82) is 0 Å². The molecule has 1 aromatic heterocycles. The number of thioether (sulfide) groups is 1. The van der Waals surface area contributed by atoms with Gasteiger partial charge in [0.05, 0.1) is 23.8 Å². The Labute approximate surface area is 160 Å². The lowest BCUT2D eigenvalue weighted by atomic mass is 10.1. The van der Waals surface area contributed by atoms with Gasteiger partial charge in [0.1, 0.15) is 5.82 Å². The molecule has 2 N–H and O–H groups in total. The predicted molar refractivity (Wildman–Crippen MR) is 100 cm³/mol. The predicted octanol–water partition coefficient (Wildman–Crippen LogP) is 2.60. The number of aromatic nitrogens is 1. The number of aliphatic carboxylic acids is 1. The molecule has 0 saturated heterocycles. The maximum atomic E-state index is 12.9. The van der Waals surface area contributed by atoms with Gasteiger partial charge in [0.2, 0.25) is 0 Å². The molecule has 6 nitrogen and oxygen atoms in total. The summed E-state index contributed by atoms with van der Waals surface area (Å²) in [6, 6.07) is 6.38. The zero-order valence-corrected chi connectivity index (χ0v) is 15.5. The largest absolute Gasteiger partial charge is 0.481 e. The lowest BCUT2D eigenvalue weighted by Gasteiger charge is -2.16. The van der Waals surface area contributed by atoms with Crippen LogP contribution >= 0.6 is 11.8 Å². The number of amides is 1. The Hall–Kier alpha value is -2.74. The van der Waals surface area contributed by atoms with E-state index >= 15 is 0 Å². The Balaban J connectivity index is 1.95. The summed E-state index contributed by atoms with van der Waals surface area (Å²) < 4.78 is 12.9. The van der Waals surface area contributed by atoms with Gasteiger partial charge in [-0.15, -0.1) is 11.8 Å². The summed E-state index contributed by atoms with van der Waals surface area (Å²) >= 11 is 1.27. The van der Waals surface area contributed by atoms with Crippen molar-refractivity contribution >= 4 is 29.4 Å². The molecule has 8 heteroatoms. The lowest BCUT2D eigenvalue weighted by Crippen LogP contribution is -2.43. The first kappa shape index (κ1) is 20.6. The molecule has 0 unspecified atom stereocenters. The van der Waals surface area contributed by atoms with Crippen LogP contribution in [0.2, 0.25) is 0 Å². The fourth-order valence-corrected chi connectivity index (χ4v) is 3.22. The molecule has 0 aliphatic rings. The van der Waals surface area contributed by atoms with Crippen molar-refractivity contribution in [3.8, 4) is 0 Å². The molecule has 0 bridgehead atoms. The SMILES string of the molecule is Cc1cncc(C(=O)N[C@@H](CC(=O)O)C(=O)CSCc2ccc(F)cc2)c1. The fourth-order valence-electron chi connectivity index (χ4n) is 2.29. The maximum Gasteiger partial charge on any atom is 0.305 e. The van der Waals surface area contributed by atoms with Gasteiger partial charge in [-0.3, -0.25) is 19.4 Å². The number of rotatable bonds is 9. The topological polar surface area (TPSA) is 96.4 Å². The highest BCUT2D eigenvalue weighted by atomic mass is 32.2. The number of nitrogens with zero attached hydrogens (tertiary/aromatic N) is 1. The summed E-state index contributed by atoms with van der Waals surface area (Å²) in [5.41, 5.74) is 1.88. The minimum atomic E-state index is -1.18. The Morgan fingerprint density at radius 1 is 1.22 bits per heavy atom. The van der Waals surface area contributed by atoms with Crippen LogP contribution in [0.15, 0.2) is 42.7 Å². The minimum Gasteiger partial charge on any atom is -0.481 e. The van der Waals surface area contributed by atoms with Gasteiger partial charge in [0.25, 0.3) is 5.91 Å². The molecule has 142 valence electrons. The van der Waals surface area contributed by atoms with Crippen molar-refractivity contribution in [2.75, 3.05) is 5.75 Å².